The van der Waals surface area contributed by atoms with Gasteiger partial charge in [-0.25, -0.2) is 0 Å². The van der Waals surface area contributed by atoms with Gasteiger partial charge in [0.25, 0.3) is 0 Å². The number of hydrogen-bond acceptors (Lipinski definition) is 15. The highest BCUT2D eigenvalue weighted by atomic mass is 16.2. The first kappa shape index (κ1) is 78.3. The Morgan fingerprint density at radius 3 is 1.22 bits per heavy atom. The molecule has 0 aliphatic rings. The number of hydrogen-bond donors (Lipinski definition) is 11. The van der Waals surface area contributed by atoms with E-state index in [4.69, 9.17) is 40.1 Å². The highest BCUT2D eigenvalue weighted by Gasteiger charge is 2.35. The number of nitrogens with zero attached hydrogens (tertiary/aromatic N) is 4. The summed E-state index contributed by atoms with van der Waals surface area (Å²) in [5, 5.41) is 14.9. The SMILES string of the molecule is CCCCN(CC(N)=O)C(=O)CN(Cc1cccc2ccccc12)C(=O)CN(Cc1ccc(C)cc1)C(=O)CN(Cc1cccc2ccccc12)C(=O)[C@H](CCCCN)NC(=O)[C@H](CCCCN)NC(=O)[C@H](CCCCN)NC(=O)[C@H](CCCCN)NC(=O)[C@@H](N)CCCCN. The van der Waals surface area contributed by atoms with E-state index in [0.29, 0.717) is 108 Å². The lowest BCUT2D eigenvalue weighted by molar-refractivity contribution is -0.148. The van der Waals surface area contributed by atoms with E-state index in [0.717, 1.165) is 39.1 Å². The molecule has 5 aromatic carbocycles. The Labute approximate surface area is 566 Å². The summed E-state index contributed by atoms with van der Waals surface area (Å²) in [6, 6.07) is 28.4. The molecular formula is C72H107N15O9. The van der Waals surface area contributed by atoms with Crippen molar-refractivity contribution in [1.82, 2.24) is 40.9 Å². The predicted molar refractivity (Wildman–Crippen MR) is 376 cm³/mol. The van der Waals surface area contributed by atoms with E-state index in [9.17, 15) is 24.0 Å². The lowest BCUT2D eigenvalue weighted by Gasteiger charge is -2.33. The van der Waals surface area contributed by atoms with Crippen molar-refractivity contribution in [3.63, 3.8) is 0 Å². The number of unbranched alkanes of at least 4 members (excludes halogenated alkanes) is 6. The van der Waals surface area contributed by atoms with Crippen LogP contribution in [0.25, 0.3) is 21.5 Å². The van der Waals surface area contributed by atoms with Gasteiger partial charge in [-0.2, -0.15) is 0 Å². The number of nitrogens with two attached hydrogens (primary N) is 7. The van der Waals surface area contributed by atoms with E-state index in [1.807, 2.05) is 123 Å². The maximum absolute atomic E-state index is 15.8. The van der Waals surface area contributed by atoms with Crippen LogP contribution in [-0.4, -0.2) is 168 Å². The fourth-order valence-corrected chi connectivity index (χ4v) is 11.5. The molecule has 5 aromatic rings. The molecule has 524 valence electrons. The molecule has 5 rings (SSSR count). The maximum atomic E-state index is 15.8. The van der Waals surface area contributed by atoms with Crippen LogP contribution in [0.3, 0.4) is 0 Å². The normalized spacial score (nSPS) is 12.8. The van der Waals surface area contributed by atoms with Gasteiger partial charge in [0.15, 0.2) is 0 Å². The molecule has 0 aliphatic carbocycles. The third kappa shape index (κ3) is 26.3. The van der Waals surface area contributed by atoms with E-state index in [-0.39, 0.29) is 71.5 Å². The molecular weight excluding hydrogens is 1220 g/mol. The molecule has 0 bridgehead atoms. The van der Waals surface area contributed by atoms with Crippen LogP contribution in [0.4, 0.5) is 0 Å². The van der Waals surface area contributed by atoms with Crippen molar-refractivity contribution in [2.45, 2.75) is 173 Å². The quantitative estimate of drug-likeness (QED) is 0.0247. The number of benzene rings is 5. The number of carbonyl (C=O) groups excluding carboxylic acids is 9. The highest BCUT2D eigenvalue weighted by molar-refractivity contribution is 5.97. The van der Waals surface area contributed by atoms with E-state index < -0.39 is 103 Å². The molecule has 0 radical (unpaired) electrons. The third-order valence-corrected chi connectivity index (χ3v) is 17.1. The number of primary amides is 1. The summed E-state index contributed by atoms with van der Waals surface area (Å²) in [6.07, 6.45) is 7.18. The van der Waals surface area contributed by atoms with E-state index in [1.54, 1.807) is 0 Å². The first-order valence-electron chi connectivity index (χ1n) is 34.2. The molecule has 0 saturated carbocycles. The Hall–Kier alpha value is -8.39. The van der Waals surface area contributed by atoms with Gasteiger partial charge in [-0.1, -0.05) is 135 Å². The Balaban J connectivity index is 1.54. The van der Waals surface area contributed by atoms with Crippen molar-refractivity contribution in [1.29, 1.82) is 0 Å². The molecule has 0 saturated heterocycles. The molecule has 24 heteroatoms. The summed E-state index contributed by atoms with van der Waals surface area (Å²) in [6.45, 7) is 3.62. The van der Waals surface area contributed by atoms with Gasteiger partial charge < -0.3 is 81.0 Å². The van der Waals surface area contributed by atoms with Crippen molar-refractivity contribution >= 4 is 74.7 Å². The summed E-state index contributed by atoms with van der Waals surface area (Å²) >= 11 is 0. The van der Waals surface area contributed by atoms with Crippen LogP contribution < -0.4 is 61.4 Å². The Morgan fingerprint density at radius 1 is 0.396 bits per heavy atom. The largest absolute Gasteiger partial charge is 0.368 e. The maximum Gasteiger partial charge on any atom is 0.245 e. The molecule has 0 fully saturated rings. The topological polar surface area (TPSA) is 397 Å². The van der Waals surface area contributed by atoms with Crippen LogP contribution in [0.1, 0.15) is 138 Å². The second-order valence-electron chi connectivity index (χ2n) is 24.9. The summed E-state index contributed by atoms with van der Waals surface area (Å²) < 4.78 is 0. The number of carbonyl (C=O) groups is 9. The van der Waals surface area contributed by atoms with Crippen LogP contribution in [0, 0.1) is 6.92 Å². The zero-order valence-corrected chi connectivity index (χ0v) is 56.5. The van der Waals surface area contributed by atoms with Crippen LogP contribution in [-0.2, 0) is 62.8 Å². The average Bonchev–Trinajstić information content (AvgIpc) is 0.829. The first-order chi connectivity index (χ1) is 46.3. The van der Waals surface area contributed by atoms with Gasteiger partial charge in [0.05, 0.1) is 12.6 Å². The third-order valence-electron chi connectivity index (χ3n) is 17.1. The van der Waals surface area contributed by atoms with Gasteiger partial charge in [0, 0.05) is 26.2 Å². The highest BCUT2D eigenvalue weighted by Crippen LogP contribution is 2.24. The average molecular weight is 1330 g/mol. The Morgan fingerprint density at radius 2 is 0.771 bits per heavy atom. The zero-order chi connectivity index (χ0) is 69.8. The standard InChI is InChI=1S/C72H107N15O9/c1-3-4-43-84(47-64(79)88)65(89)48-86(45-55-25-19-23-53-21-5-7-27-57(53)55)66(90)49-85(44-52-36-34-51(2)35-37-52)67(91)50-87(46-56-26-20-24-54-22-6-8-28-58(54)56)72(96)63(33-13-18-42-77)83-71(95)62(32-12-17-41-76)82-70(94)61(31-11-16-40-75)81-69(93)60(30-10-15-39-74)80-68(92)59(78)29-9-14-38-73/h5-8,19-28,34-37,59-63H,3-4,9-18,29-33,38-50,73-78H2,1-2H3,(H2,79,88)(H,80,92)(H,81,93)(H,82,94)(H,83,95)/t59-,60-,61-,62-,63-/m0/s1. The monoisotopic (exact) mass is 1330 g/mol. The van der Waals surface area contributed by atoms with Crippen molar-refractivity contribution < 1.29 is 43.2 Å². The van der Waals surface area contributed by atoms with Crippen molar-refractivity contribution in [2.24, 2.45) is 40.1 Å². The summed E-state index contributed by atoms with van der Waals surface area (Å²) in [5.41, 5.74) is 44.3. The number of fused-ring (bicyclic) bond motifs is 2. The molecule has 0 unspecified atom stereocenters. The molecule has 18 N–H and O–H groups in total. The molecule has 24 nitrogen and oxygen atoms in total. The predicted octanol–water partition coefficient (Wildman–Crippen LogP) is 3.71. The van der Waals surface area contributed by atoms with Crippen molar-refractivity contribution in [3.05, 3.63) is 131 Å². The van der Waals surface area contributed by atoms with Crippen LogP contribution in [0.2, 0.25) is 0 Å². The molecule has 0 spiro atoms. The van der Waals surface area contributed by atoms with E-state index >= 15 is 19.2 Å². The van der Waals surface area contributed by atoms with Gasteiger partial charge in [-0.3, -0.25) is 43.2 Å². The van der Waals surface area contributed by atoms with Crippen LogP contribution in [0.5, 0.6) is 0 Å². The molecule has 0 aliphatic heterocycles. The second kappa shape index (κ2) is 42.9. The molecule has 5 atom stereocenters. The zero-order valence-electron chi connectivity index (χ0n) is 56.5. The van der Waals surface area contributed by atoms with Gasteiger partial charge in [-0.15, -0.1) is 0 Å². The fraction of sp³-hybridized carbons (Fsp3) is 0.514. The summed E-state index contributed by atoms with van der Waals surface area (Å²) in [4.78, 5) is 136. The van der Waals surface area contributed by atoms with Crippen molar-refractivity contribution in [3.8, 4) is 0 Å². The smallest absolute Gasteiger partial charge is 0.245 e. The van der Waals surface area contributed by atoms with E-state index in [1.165, 1.54) is 19.6 Å². The molecule has 9 amide bonds. The fourth-order valence-electron chi connectivity index (χ4n) is 11.5. The lowest BCUT2D eigenvalue weighted by Crippen LogP contribution is -2.59. The van der Waals surface area contributed by atoms with Gasteiger partial charge >= 0.3 is 0 Å². The number of aryl methyl sites for hydroxylation is 1. The minimum absolute atomic E-state index is 0.0361. The summed E-state index contributed by atoms with van der Waals surface area (Å²) in [7, 11) is 0. The Kier molecular flexibility index (Phi) is 35.0. The number of amides is 9. The van der Waals surface area contributed by atoms with Crippen LogP contribution >= 0.6 is 0 Å². The number of rotatable bonds is 46. The van der Waals surface area contributed by atoms with Gasteiger partial charge in [0.2, 0.25) is 53.2 Å². The van der Waals surface area contributed by atoms with Gasteiger partial charge in [-0.05, 0) is 174 Å². The minimum Gasteiger partial charge on any atom is -0.368 e. The number of nitrogens with one attached hydrogen (secondary N) is 4. The summed E-state index contributed by atoms with van der Waals surface area (Å²) in [5.74, 6) is -5.60. The lowest BCUT2D eigenvalue weighted by atomic mass is 10.0. The minimum atomic E-state index is -1.29. The van der Waals surface area contributed by atoms with Gasteiger partial charge in [0.1, 0.15) is 43.8 Å². The first-order valence-corrected chi connectivity index (χ1v) is 34.2. The Bertz CT molecular complexity index is 3270. The van der Waals surface area contributed by atoms with Crippen LogP contribution in [0.15, 0.2) is 109 Å². The second-order valence-corrected chi connectivity index (χ2v) is 24.9. The molecule has 96 heavy (non-hydrogen) atoms. The molecule has 0 aromatic heterocycles. The molecule has 0 heterocycles. The van der Waals surface area contributed by atoms with Crippen molar-refractivity contribution in [2.75, 3.05) is 65.4 Å². The van der Waals surface area contributed by atoms with E-state index in [2.05, 4.69) is 21.3 Å².